The largest absolute Gasteiger partial charge is 0.417 e. The number of rotatable bonds is 6. The molecule has 0 saturated heterocycles. The van der Waals surface area contributed by atoms with Crippen molar-refractivity contribution in [1.29, 1.82) is 0 Å². The fourth-order valence-corrected chi connectivity index (χ4v) is 3.45. The maximum atomic E-state index is 12.9. The molecule has 1 aliphatic rings. The summed E-state index contributed by atoms with van der Waals surface area (Å²) in [5.41, 5.74) is 0.127. The molecule has 0 radical (unpaired) electrons. The van der Waals surface area contributed by atoms with E-state index in [1.807, 2.05) is 0 Å². The Bertz CT molecular complexity index is 1110. The smallest absolute Gasteiger partial charge is 0.349 e. The van der Waals surface area contributed by atoms with Gasteiger partial charge in [-0.3, -0.25) is 14.0 Å². The molecule has 11 heteroatoms. The number of thioether (sulfide) groups is 1. The fraction of sp³-hybridized carbons (Fsp3) is 0.263. The second kappa shape index (κ2) is 7.98. The molecule has 0 unspecified atom stereocenters. The predicted molar refractivity (Wildman–Crippen MR) is 104 cm³/mol. The van der Waals surface area contributed by atoms with Gasteiger partial charge in [0.2, 0.25) is 5.91 Å². The number of amides is 2. The lowest BCUT2D eigenvalue weighted by Gasteiger charge is -2.11. The summed E-state index contributed by atoms with van der Waals surface area (Å²) in [6, 6.07) is 8.95. The van der Waals surface area contributed by atoms with Gasteiger partial charge in [0.05, 0.1) is 22.6 Å². The Morgan fingerprint density at radius 2 is 1.90 bits per heavy atom. The molecule has 2 amide bonds. The first-order valence-electron chi connectivity index (χ1n) is 9.06. The SMILES string of the molecule is O=C(CSc1nnc2ccc(C(F)(F)F)cn12)Nc1ccccc1C(=O)NC1CC1. The lowest BCUT2D eigenvalue weighted by atomic mass is 10.1. The van der Waals surface area contributed by atoms with E-state index in [4.69, 9.17) is 0 Å². The number of alkyl halides is 3. The summed E-state index contributed by atoms with van der Waals surface area (Å²) in [5, 5.41) is 13.4. The van der Waals surface area contributed by atoms with E-state index in [2.05, 4.69) is 20.8 Å². The van der Waals surface area contributed by atoms with E-state index in [9.17, 15) is 22.8 Å². The van der Waals surface area contributed by atoms with E-state index in [1.165, 1.54) is 10.5 Å². The third-order valence-electron chi connectivity index (χ3n) is 4.39. The number of halogens is 3. The van der Waals surface area contributed by atoms with E-state index in [-0.39, 0.29) is 28.5 Å². The molecular weight excluding hydrogens is 419 g/mol. The van der Waals surface area contributed by atoms with Crippen molar-refractivity contribution in [3.8, 4) is 0 Å². The van der Waals surface area contributed by atoms with Crippen molar-refractivity contribution in [2.45, 2.75) is 30.2 Å². The number of pyridine rings is 1. The number of benzene rings is 1. The molecule has 1 fully saturated rings. The number of nitrogens with one attached hydrogen (secondary N) is 2. The Kier molecular flexibility index (Phi) is 5.37. The molecule has 2 N–H and O–H groups in total. The highest BCUT2D eigenvalue weighted by atomic mass is 32.2. The quantitative estimate of drug-likeness (QED) is 0.580. The van der Waals surface area contributed by atoms with Crippen molar-refractivity contribution in [2.75, 3.05) is 11.1 Å². The summed E-state index contributed by atoms with van der Waals surface area (Å²) in [6.45, 7) is 0. The Morgan fingerprint density at radius 1 is 1.13 bits per heavy atom. The standard InChI is InChI=1S/C19H16F3N5O2S/c20-19(21,22)11-5-8-15-25-26-18(27(15)9-11)30-10-16(28)24-14-4-2-1-3-13(14)17(29)23-12-6-7-12/h1-5,8-9,12H,6-7,10H2,(H,23,29)(H,24,28). The average Bonchev–Trinajstić information content (AvgIpc) is 3.42. The zero-order chi connectivity index (χ0) is 21.3. The Balaban J connectivity index is 1.44. The summed E-state index contributed by atoms with van der Waals surface area (Å²) in [7, 11) is 0. The van der Waals surface area contributed by atoms with Gasteiger partial charge in [0.1, 0.15) is 0 Å². The second-order valence-electron chi connectivity index (χ2n) is 6.76. The van der Waals surface area contributed by atoms with Gasteiger partial charge < -0.3 is 10.6 Å². The normalized spacial score (nSPS) is 14.0. The minimum Gasteiger partial charge on any atom is -0.349 e. The number of carbonyl (C=O) groups is 2. The van der Waals surface area contributed by atoms with Crippen LogP contribution in [0, 0.1) is 0 Å². The van der Waals surface area contributed by atoms with Crippen molar-refractivity contribution in [3.63, 3.8) is 0 Å². The summed E-state index contributed by atoms with van der Waals surface area (Å²) in [6.07, 6.45) is -1.71. The molecule has 0 aliphatic heterocycles. The summed E-state index contributed by atoms with van der Waals surface area (Å²) < 4.78 is 40.0. The van der Waals surface area contributed by atoms with Crippen LogP contribution in [-0.4, -0.2) is 38.2 Å². The molecule has 7 nitrogen and oxygen atoms in total. The van der Waals surface area contributed by atoms with Crippen LogP contribution in [0.4, 0.5) is 18.9 Å². The topological polar surface area (TPSA) is 88.4 Å². The van der Waals surface area contributed by atoms with Crippen LogP contribution < -0.4 is 10.6 Å². The van der Waals surface area contributed by atoms with E-state index in [0.717, 1.165) is 36.9 Å². The van der Waals surface area contributed by atoms with Crippen LogP contribution >= 0.6 is 11.8 Å². The average molecular weight is 435 g/mol. The zero-order valence-corrected chi connectivity index (χ0v) is 16.3. The maximum absolute atomic E-state index is 12.9. The molecule has 0 atom stereocenters. The first kappa shape index (κ1) is 20.2. The number of hydrogen-bond donors (Lipinski definition) is 2. The first-order chi connectivity index (χ1) is 14.3. The summed E-state index contributed by atoms with van der Waals surface area (Å²) >= 11 is 0.948. The Morgan fingerprint density at radius 3 is 2.63 bits per heavy atom. The van der Waals surface area contributed by atoms with E-state index in [1.54, 1.807) is 24.3 Å². The molecule has 0 spiro atoms. The molecule has 4 rings (SSSR count). The van der Waals surface area contributed by atoms with Crippen LogP contribution in [-0.2, 0) is 11.0 Å². The monoisotopic (exact) mass is 435 g/mol. The molecule has 1 aromatic carbocycles. The Hall–Kier alpha value is -3.08. The fourth-order valence-electron chi connectivity index (χ4n) is 2.73. The number of hydrogen-bond acceptors (Lipinski definition) is 5. The van der Waals surface area contributed by atoms with Crippen LogP contribution in [0.3, 0.4) is 0 Å². The van der Waals surface area contributed by atoms with Crippen LogP contribution in [0.1, 0.15) is 28.8 Å². The van der Waals surface area contributed by atoms with Crippen molar-refractivity contribution < 1.29 is 22.8 Å². The van der Waals surface area contributed by atoms with Crippen molar-refractivity contribution >= 4 is 34.9 Å². The van der Waals surface area contributed by atoms with Crippen molar-refractivity contribution in [1.82, 2.24) is 19.9 Å². The molecule has 0 bridgehead atoms. The minimum atomic E-state index is -4.50. The third kappa shape index (κ3) is 4.56. The highest BCUT2D eigenvalue weighted by Crippen LogP contribution is 2.30. The van der Waals surface area contributed by atoms with Gasteiger partial charge in [0, 0.05) is 12.2 Å². The van der Waals surface area contributed by atoms with Gasteiger partial charge in [-0.1, -0.05) is 23.9 Å². The van der Waals surface area contributed by atoms with Gasteiger partial charge >= 0.3 is 6.18 Å². The van der Waals surface area contributed by atoms with E-state index < -0.39 is 17.6 Å². The molecule has 2 aromatic heterocycles. The molecule has 1 saturated carbocycles. The Labute approximate surface area is 173 Å². The number of fused-ring (bicyclic) bond motifs is 1. The number of carbonyl (C=O) groups excluding carboxylic acids is 2. The number of anilines is 1. The van der Waals surface area contributed by atoms with Crippen molar-refractivity contribution in [2.24, 2.45) is 0 Å². The van der Waals surface area contributed by atoms with E-state index >= 15 is 0 Å². The number of nitrogens with zero attached hydrogens (tertiary/aromatic N) is 3. The minimum absolute atomic E-state index is 0.115. The summed E-state index contributed by atoms with van der Waals surface area (Å²) in [4.78, 5) is 24.7. The molecule has 156 valence electrons. The molecule has 3 aromatic rings. The lowest BCUT2D eigenvalue weighted by molar-refractivity contribution is -0.137. The third-order valence-corrected chi connectivity index (χ3v) is 5.33. The van der Waals surface area contributed by atoms with Gasteiger partial charge in [-0.25, -0.2) is 0 Å². The number of para-hydroxylation sites is 1. The molecule has 30 heavy (non-hydrogen) atoms. The van der Waals surface area contributed by atoms with Gasteiger partial charge in [-0.05, 0) is 37.1 Å². The van der Waals surface area contributed by atoms with Gasteiger partial charge in [-0.15, -0.1) is 10.2 Å². The van der Waals surface area contributed by atoms with E-state index in [0.29, 0.717) is 11.3 Å². The van der Waals surface area contributed by atoms with Gasteiger partial charge in [0.15, 0.2) is 10.8 Å². The highest BCUT2D eigenvalue weighted by Gasteiger charge is 2.31. The lowest BCUT2D eigenvalue weighted by Crippen LogP contribution is -2.27. The zero-order valence-electron chi connectivity index (χ0n) is 15.4. The highest BCUT2D eigenvalue weighted by molar-refractivity contribution is 7.99. The van der Waals surface area contributed by atoms with Crippen LogP contribution in [0.25, 0.3) is 5.65 Å². The maximum Gasteiger partial charge on any atom is 0.417 e. The predicted octanol–water partition coefficient (Wildman–Crippen LogP) is 3.37. The van der Waals surface area contributed by atoms with Crippen molar-refractivity contribution in [3.05, 3.63) is 53.7 Å². The molecule has 2 heterocycles. The molecular formula is C19H16F3N5O2S. The summed E-state index contributed by atoms with van der Waals surface area (Å²) in [5.74, 6) is -0.796. The second-order valence-corrected chi connectivity index (χ2v) is 7.70. The molecule has 1 aliphatic carbocycles. The van der Waals surface area contributed by atoms with Gasteiger partial charge in [-0.2, -0.15) is 13.2 Å². The number of aromatic nitrogens is 3. The van der Waals surface area contributed by atoms with Gasteiger partial charge in [0.25, 0.3) is 5.91 Å². The van der Waals surface area contributed by atoms with Crippen LogP contribution in [0.2, 0.25) is 0 Å². The van der Waals surface area contributed by atoms with Crippen LogP contribution in [0.5, 0.6) is 0 Å². The first-order valence-corrected chi connectivity index (χ1v) is 10.0. The van der Waals surface area contributed by atoms with Crippen LogP contribution in [0.15, 0.2) is 47.8 Å².